The van der Waals surface area contributed by atoms with E-state index in [1.165, 1.54) is 16.8 Å². The van der Waals surface area contributed by atoms with Crippen LogP contribution in [-0.2, 0) is 6.54 Å². The molecule has 0 aliphatic heterocycles. The molecule has 0 unspecified atom stereocenters. The lowest BCUT2D eigenvalue weighted by atomic mass is 10.2. The molecule has 0 spiro atoms. The van der Waals surface area contributed by atoms with Gasteiger partial charge in [0.1, 0.15) is 16.2 Å². The molecule has 0 atom stereocenters. The molecule has 0 amide bonds. The fraction of sp³-hybridized carbons (Fsp3) is 0.273. The molecule has 0 saturated carbocycles. The van der Waals surface area contributed by atoms with Gasteiger partial charge >= 0.3 is 11.9 Å². The van der Waals surface area contributed by atoms with Gasteiger partial charge in [0.25, 0.3) is 0 Å². The Labute approximate surface area is 107 Å². The minimum Gasteiger partial charge on any atom is -0.478 e. The Balaban J connectivity index is 2.31. The monoisotopic (exact) mass is 265 g/mol. The Morgan fingerprint density at radius 2 is 2.21 bits per heavy atom. The fourth-order valence-electron chi connectivity index (χ4n) is 1.86. The highest BCUT2D eigenvalue weighted by molar-refractivity contribution is 5.90. The summed E-state index contributed by atoms with van der Waals surface area (Å²) in [5, 5.41) is 23.6. The zero-order valence-electron chi connectivity index (χ0n) is 10.3. The van der Waals surface area contributed by atoms with E-state index in [2.05, 4.69) is 5.10 Å². The van der Waals surface area contributed by atoms with Crippen molar-refractivity contribution in [3.63, 3.8) is 0 Å². The number of nitro groups is 1. The Morgan fingerprint density at radius 1 is 1.53 bits per heavy atom. The van der Waals surface area contributed by atoms with Crippen molar-refractivity contribution >= 4 is 11.9 Å². The molecule has 1 N–H and O–H groups in total. The molecule has 2 aromatic rings. The molecule has 0 bridgehead atoms. The molecule has 100 valence electrons. The van der Waals surface area contributed by atoms with Gasteiger partial charge in [-0.2, -0.15) is 5.10 Å². The predicted molar refractivity (Wildman–Crippen MR) is 63.1 cm³/mol. The average molecular weight is 265 g/mol. The maximum Gasteiger partial charge on any atom is 0.433 e. The standard InChI is InChI=1S/C11H11N3O5/c1-6-10(11(15)16)7(2)13(12-6)5-8-3-4-9(19-8)14(17)18/h3-4H,5H2,1-2H3,(H,15,16). The van der Waals surface area contributed by atoms with E-state index in [4.69, 9.17) is 9.52 Å². The normalized spacial score (nSPS) is 10.6. The van der Waals surface area contributed by atoms with Gasteiger partial charge in [-0.05, 0) is 19.9 Å². The molecule has 2 rings (SSSR count). The molecule has 2 aromatic heterocycles. The van der Waals surface area contributed by atoms with Gasteiger partial charge in [0, 0.05) is 0 Å². The van der Waals surface area contributed by atoms with Gasteiger partial charge in [-0.25, -0.2) is 4.79 Å². The van der Waals surface area contributed by atoms with Gasteiger partial charge in [0.05, 0.1) is 24.0 Å². The number of hydrogen-bond acceptors (Lipinski definition) is 5. The molecule has 0 saturated heterocycles. The number of hydrogen-bond donors (Lipinski definition) is 1. The lowest BCUT2D eigenvalue weighted by Crippen LogP contribution is -2.05. The summed E-state index contributed by atoms with van der Waals surface area (Å²) < 4.78 is 6.45. The third kappa shape index (κ3) is 2.32. The smallest absolute Gasteiger partial charge is 0.433 e. The van der Waals surface area contributed by atoms with Crippen LogP contribution in [0.3, 0.4) is 0 Å². The first-order valence-electron chi connectivity index (χ1n) is 5.40. The quantitative estimate of drug-likeness (QED) is 0.665. The minimum atomic E-state index is -1.05. The Hall–Kier alpha value is -2.64. The average Bonchev–Trinajstić information content (AvgIpc) is 2.85. The third-order valence-electron chi connectivity index (χ3n) is 2.73. The number of aryl methyl sites for hydroxylation is 1. The highest BCUT2D eigenvalue weighted by Gasteiger charge is 2.19. The van der Waals surface area contributed by atoms with Crippen LogP contribution in [0.5, 0.6) is 0 Å². The molecule has 8 heteroatoms. The fourth-order valence-corrected chi connectivity index (χ4v) is 1.86. The number of carbonyl (C=O) groups is 1. The zero-order chi connectivity index (χ0) is 14.2. The molecule has 19 heavy (non-hydrogen) atoms. The number of carboxylic acids is 1. The number of aromatic nitrogens is 2. The van der Waals surface area contributed by atoms with E-state index in [1.807, 2.05) is 0 Å². The van der Waals surface area contributed by atoms with Crippen LogP contribution in [0.25, 0.3) is 0 Å². The van der Waals surface area contributed by atoms with Gasteiger partial charge in [0.2, 0.25) is 0 Å². The first-order chi connectivity index (χ1) is 8.90. The van der Waals surface area contributed by atoms with Crippen molar-refractivity contribution in [2.24, 2.45) is 0 Å². The molecule has 2 heterocycles. The van der Waals surface area contributed by atoms with Crippen LogP contribution in [0.15, 0.2) is 16.5 Å². The van der Waals surface area contributed by atoms with E-state index in [1.54, 1.807) is 13.8 Å². The van der Waals surface area contributed by atoms with Gasteiger partial charge in [0.15, 0.2) is 0 Å². The molecular formula is C11H11N3O5. The highest BCUT2D eigenvalue weighted by atomic mass is 16.6. The lowest BCUT2D eigenvalue weighted by molar-refractivity contribution is -0.402. The second-order valence-electron chi connectivity index (χ2n) is 4.01. The first-order valence-corrected chi connectivity index (χ1v) is 5.40. The van der Waals surface area contributed by atoms with Crippen molar-refractivity contribution in [1.29, 1.82) is 0 Å². The third-order valence-corrected chi connectivity index (χ3v) is 2.73. The van der Waals surface area contributed by atoms with Crippen molar-refractivity contribution in [2.45, 2.75) is 20.4 Å². The Bertz CT molecular complexity index is 655. The SMILES string of the molecule is Cc1nn(Cc2ccc([N+](=O)[O-])o2)c(C)c1C(=O)O. The molecule has 0 aromatic carbocycles. The lowest BCUT2D eigenvalue weighted by Gasteiger charge is -2.01. The van der Waals surface area contributed by atoms with Crippen LogP contribution in [-0.4, -0.2) is 25.8 Å². The largest absolute Gasteiger partial charge is 0.478 e. The summed E-state index contributed by atoms with van der Waals surface area (Å²) in [7, 11) is 0. The molecule has 0 radical (unpaired) electrons. The van der Waals surface area contributed by atoms with Crippen molar-refractivity contribution < 1.29 is 19.2 Å². The number of aromatic carboxylic acids is 1. The Kier molecular flexibility index (Phi) is 3.07. The summed E-state index contributed by atoms with van der Waals surface area (Å²) in [6, 6.07) is 2.72. The zero-order valence-corrected chi connectivity index (χ0v) is 10.3. The number of carboxylic acid groups (broad SMARTS) is 1. The van der Waals surface area contributed by atoms with E-state index in [-0.39, 0.29) is 18.0 Å². The van der Waals surface area contributed by atoms with Crippen LogP contribution < -0.4 is 0 Å². The molecule has 0 aliphatic carbocycles. The molecule has 8 nitrogen and oxygen atoms in total. The van der Waals surface area contributed by atoms with Crippen LogP contribution in [0, 0.1) is 24.0 Å². The topological polar surface area (TPSA) is 111 Å². The van der Waals surface area contributed by atoms with Gasteiger partial charge < -0.3 is 9.52 Å². The maximum atomic E-state index is 11.0. The molecular weight excluding hydrogens is 254 g/mol. The van der Waals surface area contributed by atoms with E-state index in [0.29, 0.717) is 17.1 Å². The van der Waals surface area contributed by atoms with Crippen molar-refractivity contribution in [2.75, 3.05) is 0 Å². The van der Waals surface area contributed by atoms with Crippen molar-refractivity contribution in [3.05, 3.63) is 45.0 Å². The number of nitrogens with zero attached hydrogens (tertiary/aromatic N) is 3. The van der Waals surface area contributed by atoms with E-state index < -0.39 is 10.9 Å². The van der Waals surface area contributed by atoms with Gasteiger partial charge in [-0.1, -0.05) is 0 Å². The van der Waals surface area contributed by atoms with Crippen molar-refractivity contribution in [1.82, 2.24) is 9.78 Å². The second kappa shape index (κ2) is 4.56. The van der Waals surface area contributed by atoms with Crippen LogP contribution in [0.1, 0.15) is 27.5 Å². The maximum absolute atomic E-state index is 11.0. The van der Waals surface area contributed by atoms with Gasteiger partial charge in [-0.3, -0.25) is 14.8 Å². The summed E-state index contributed by atoms with van der Waals surface area (Å²) in [5.74, 6) is -1.06. The van der Waals surface area contributed by atoms with Crippen molar-refractivity contribution in [3.8, 4) is 0 Å². The van der Waals surface area contributed by atoms with Gasteiger partial charge in [-0.15, -0.1) is 0 Å². The molecule has 0 fully saturated rings. The predicted octanol–water partition coefficient (Wildman–Crippen LogP) is 1.75. The van der Waals surface area contributed by atoms with Crippen LogP contribution in [0.2, 0.25) is 0 Å². The summed E-state index contributed by atoms with van der Waals surface area (Å²) >= 11 is 0. The number of furan rings is 1. The molecule has 0 aliphatic rings. The Morgan fingerprint density at radius 3 is 2.68 bits per heavy atom. The second-order valence-corrected chi connectivity index (χ2v) is 4.01. The minimum absolute atomic E-state index is 0.140. The highest BCUT2D eigenvalue weighted by Crippen LogP contribution is 2.19. The first kappa shape index (κ1) is 12.8. The number of rotatable bonds is 4. The van der Waals surface area contributed by atoms with E-state index >= 15 is 0 Å². The van der Waals surface area contributed by atoms with Crippen LogP contribution in [0.4, 0.5) is 5.88 Å². The van der Waals surface area contributed by atoms with E-state index in [9.17, 15) is 14.9 Å². The van der Waals surface area contributed by atoms with E-state index in [0.717, 1.165) is 0 Å². The summed E-state index contributed by atoms with van der Waals surface area (Å²) in [5.41, 5.74) is 1.01. The summed E-state index contributed by atoms with van der Waals surface area (Å²) in [6.07, 6.45) is 0. The van der Waals surface area contributed by atoms with Crippen LogP contribution >= 0.6 is 0 Å². The summed E-state index contributed by atoms with van der Waals surface area (Å²) in [4.78, 5) is 20.9. The summed E-state index contributed by atoms with van der Waals surface area (Å²) in [6.45, 7) is 3.37.